The smallest absolute Gasteiger partial charge is 0.254 e. The summed E-state index contributed by atoms with van der Waals surface area (Å²) in [5.74, 6) is 0.191. The highest BCUT2D eigenvalue weighted by Gasteiger charge is 2.26. The van der Waals surface area contributed by atoms with Gasteiger partial charge >= 0.3 is 0 Å². The number of hydrogen-bond donors (Lipinski definition) is 0. The van der Waals surface area contributed by atoms with Crippen molar-refractivity contribution in [1.82, 2.24) is 4.90 Å². The van der Waals surface area contributed by atoms with Gasteiger partial charge in [0.2, 0.25) is 0 Å². The molecule has 1 aromatic rings. The minimum atomic E-state index is 0.191. The molecule has 0 aromatic heterocycles. The average Bonchev–Trinajstić information content (AvgIpc) is 2.40. The monoisotopic (exact) mass is 295 g/mol. The Kier molecular flexibility index (Phi) is 4.60. The van der Waals surface area contributed by atoms with E-state index in [2.05, 4.69) is 20.8 Å². The lowest BCUT2D eigenvalue weighted by atomic mass is 9.99. The number of hydrogen-bond acceptors (Lipinski definition) is 1. The maximum Gasteiger partial charge on any atom is 0.254 e. The van der Waals surface area contributed by atoms with Crippen LogP contribution in [0.3, 0.4) is 0 Å². The first-order valence-electron chi connectivity index (χ1n) is 6.25. The lowest BCUT2D eigenvalue weighted by Crippen LogP contribution is -2.43. The minimum Gasteiger partial charge on any atom is -0.336 e. The third-order valence-electron chi connectivity index (χ3n) is 3.35. The highest BCUT2D eigenvalue weighted by Crippen LogP contribution is 2.22. The predicted molar refractivity (Wildman–Crippen MR) is 73.5 cm³/mol. The van der Waals surface area contributed by atoms with Gasteiger partial charge < -0.3 is 4.90 Å². The van der Waals surface area contributed by atoms with Crippen LogP contribution in [0, 0.1) is 0 Å². The summed E-state index contributed by atoms with van der Waals surface area (Å²) >= 11 is 3.48. The summed E-state index contributed by atoms with van der Waals surface area (Å²) in [6, 6.07) is 10.0. The van der Waals surface area contributed by atoms with Crippen LogP contribution in [-0.4, -0.2) is 28.7 Å². The highest BCUT2D eigenvalue weighted by molar-refractivity contribution is 9.09. The van der Waals surface area contributed by atoms with E-state index in [-0.39, 0.29) is 5.91 Å². The molecular weight excluding hydrogens is 278 g/mol. The molecule has 17 heavy (non-hydrogen) atoms. The second-order valence-electron chi connectivity index (χ2n) is 4.49. The van der Waals surface area contributed by atoms with Gasteiger partial charge in [0.1, 0.15) is 0 Å². The fraction of sp³-hybridized carbons (Fsp3) is 0.500. The van der Waals surface area contributed by atoms with Crippen LogP contribution in [0.1, 0.15) is 36.0 Å². The molecule has 1 aliphatic heterocycles. The molecule has 0 radical (unpaired) electrons. The molecule has 1 aliphatic rings. The predicted octanol–water partition coefficient (Wildman–Crippen LogP) is 3.47. The molecule has 1 heterocycles. The number of benzene rings is 1. The molecule has 1 unspecified atom stereocenters. The van der Waals surface area contributed by atoms with Crippen molar-refractivity contribution in [3.63, 3.8) is 0 Å². The molecule has 0 aliphatic carbocycles. The average molecular weight is 296 g/mol. The van der Waals surface area contributed by atoms with Crippen molar-refractivity contribution in [2.75, 3.05) is 11.9 Å². The first kappa shape index (κ1) is 12.6. The van der Waals surface area contributed by atoms with Crippen molar-refractivity contribution in [2.24, 2.45) is 0 Å². The third-order valence-corrected chi connectivity index (χ3v) is 3.81. The molecule has 2 rings (SSSR count). The van der Waals surface area contributed by atoms with E-state index in [1.165, 1.54) is 6.42 Å². The molecule has 2 nitrogen and oxygen atoms in total. The summed E-state index contributed by atoms with van der Waals surface area (Å²) in [6.07, 6.45) is 4.58. The summed E-state index contributed by atoms with van der Waals surface area (Å²) in [5.41, 5.74) is 0.814. The van der Waals surface area contributed by atoms with E-state index >= 15 is 0 Å². The van der Waals surface area contributed by atoms with Crippen molar-refractivity contribution in [2.45, 2.75) is 31.7 Å². The Balaban J connectivity index is 2.11. The fourth-order valence-corrected chi connectivity index (χ4v) is 2.97. The topological polar surface area (TPSA) is 20.3 Å². The van der Waals surface area contributed by atoms with Crippen LogP contribution >= 0.6 is 15.9 Å². The van der Waals surface area contributed by atoms with Gasteiger partial charge in [-0.15, -0.1) is 0 Å². The lowest BCUT2D eigenvalue weighted by molar-refractivity contribution is 0.0610. The Labute approximate surface area is 111 Å². The number of halogens is 1. The lowest BCUT2D eigenvalue weighted by Gasteiger charge is -2.35. The summed E-state index contributed by atoms with van der Waals surface area (Å²) in [6.45, 7) is 0.908. The number of carbonyl (C=O) groups excluding carboxylic acids is 1. The molecule has 0 bridgehead atoms. The van der Waals surface area contributed by atoms with Gasteiger partial charge in [-0.1, -0.05) is 34.1 Å². The fourth-order valence-electron chi connectivity index (χ4n) is 2.44. The normalized spacial score (nSPS) is 20.3. The van der Waals surface area contributed by atoms with E-state index in [0.29, 0.717) is 6.04 Å². The maximum absolute atomic E-state index is 12.4. The second kappa shape index (κ2) is 6.20. The van der Waals surface area contributed by atoms with Crippen LogP contribution in [0.25, 0.3) is 0 Å². The highest BCUT2D eigenvalue weighted by atomic mass is 79.9. The van der Waals surface area contributed by atoms with Crippen LogP contribution < -0.4 is 0 Å². The first-order valence-corrected chi connectivity index (χ1v) is 7.37. The van der Waals surface area contributed by atoms with Gasteiger partial charge in [-0.3, -0.25) is 4.79 Å². The van der Waals surface area contributed by atoms with E-state index in [1.807, 2.05) is 30.3 Å². The molecule has 3 heteroatoms. The van der Waals surface area contributed by atoms with E-state index in [1.54, 1.807) is 0 Å². The Morgan fingerprint density at radius 1 is 1.29 bits per heavy atom. The van der Waals surface area contributed by atoms with E-state index in [0.717, 1.165) is 36.7 Å². The zero-order valence-electron chi connectivity index (χ0n) is 9.94. The second-order valence-corrected chi connectivity index (χ2v) is 5.28. The molecule has 1 aromatic carbocycles. The van der Waals surface area contributed by atoms with Crippen molar-refractivity contribution in [3.8, 4) is 0 Å². The van der Waals surface area contributed by atoms with Gasteiger partial charge in [0, 0.05) is 23.5 Å². The molecule has 0 saturated carbocycles. The number of alkyl halides is 1. The maximum atomic E-state index is 12.4. The molecule has 92 valence electrons. The largest absolute Gasteiger partial charge is 0.336 e. The SMILES string of the molecule is O=C(c1ccccc1)N1CCCCC1CCBr. The molecule has 1 atom stereocenters. The molecule has 1 amide bonds. The van der Waals surface area contributed by atoms with Gasteiger partial charge in [0.15, 0.2) is 0 Å². The van der Waals surface area contributed by atoms with Gasteiger partial charge in [-0.25, -0.2) is 0 Å². The zero-order valence-corrected chi connectivity index (χ0v) is 11.5. The van der Waals surface area contributed by atoms with Crippen LogP contribution in [-0.2, 0) is 0 Å². The molecule has 1 fully saturated rings. The van der Waals surface area contributed by atoms with Crippen molar-refractivity contribution < 1.29 is 4.79 Å². The van der Waals surface area contributed by atoms with Crippen LogP contribution in [0.2, 0.25) is 0 Å². The molecule has 0 N–H and O–H groups in total. The molecule has 0 spiro atoms. The van der Waals surface area contributed by atoms with Crippen LogP contribution in [0.15, 0.2) is 30.3 Å². The summed E-state index contributed by atoms with van der Waals surface area (Å²) in [4.78, 5) is 14.5. The van der Waals surface area contributed by atoms with Crippen LogP contribution in [0.5, 0.6) is 0 Å². The number of amides is 1. The summed E-state index contributed by atoms with van der Waals surface area (Å²) in [7, 11) is 0. The van der Waals surface area contributed by atoms with Crippen LogP contribution in [0.4, 0.5) is 0 Å². The van der Waals surface area contributed by atoms with Gasteiger partial charge in [0.25, 0.3) is 5.91 Å². The number of carbonyl (C=O) groups is 1. The Morgan fingerprint density at radius 2 is 2.06 bits per heavy atom. The molecular formula is C14H18BrNO. The third kappa shape index (κ3) is 3.09. The molecule has 1 saturated heterocycles. The minimum absolute atomic E-state index is 0.191. The number of piperidine rings is 1. The quantitative estimate of drug-likeness (QED) is 0.782. The van der Waals surface area contributed by atoms with E-state index < -0.39 is 0 Å². The van der Waals surface area contributed by atoms with Gasteiger partial charge in [0.05, 0.1) is 0 Å². The summed E-state index contributed by atoms with van der Waals surface area (Å²) in [5, 5.41) is 0.968. The first-order chi connectivity index (χ1) is 8.33. The van der Waals surface area contributed by atoms with Gasteiger partial charge in [-0.05, 0) is 37.8 Å². The van der Waals surface area contributed by atoms with Gasteiger partial charge in [-0.2, -0.15) is 0 Å². The zero-order chi connectivity index (χ0) is 12.1. The van der Waals surface area contributed by atoms with E-state index in [9.17, 15) is 4.79 Å². The Morgan fingerprint density at radius 3 is 2.76 bits per heavy atom. The van der Waals surface area contributed by atoms with Crippen molar-refractivity contribution in [3.05, 3.63) is 35.9 Å². The standard InChI is InChI=1S/C14H18BrNO/c15-10-9-13-8-4-5-11-16(13)14(17)12-6-2-1-3-7-12/h1-3,6-7,13H,4-5,8-11H2. The number of nitrogens with zero attached hydrogens (tertiary/aromatic N) is 1. The number of likely N-dealkylation sites (tertiary alicyclic amines) is 1. The van der Waals surface area contributed by atoms with Crippen molar-refractivity contribution in [1.29, 1.82) is 0 Å². The number of rotatable bonds is 3. The van der Waals surface area contributed by atoms with E-state index in [4.69, 9.17) is 0 Å². The Bertz CT molecular complexity index is 364. The van der Waals surface area contributed by atoms with Crippen molar-refractivity contribution >= 4 is 21.8 Å². The Hall–Kier alpha value is -0.830. The summed E-state index contributed by atoms with van der Waals surface area (Å²) < 4.78 is 0.